The summed E-state index contributed by atoms with van der Waals surface area (Å²) < 4.78 is 12.1. The third kappa shape index (κ3) is 4.90. The van der Waals surface area contributed by atoms with Crippen molar-refractivity contribution in [1.82, 2.24) is 10.6 Å². The lowest BCUT2D eigenvalue weighted by atomic mass is 10.1. The van der Waals surface area contributed by atoms with Gasteiger partial charge >= 0.3 is 0 Å². The lowest BCUT2D eigenvalue weighted by molar-refractivity contribution is -0.118. The van der Waals surface area contributed by atoms with Crippen molar-refractivity contribution in [2.45, 2.75) is 56.4 Å². The number of benzene rings is 1. The molecule has 2 aliphatic carbocycles. The van der Waals surface area contributed by atoms with Crippen LogP contribution in [-0.4, -0.2) is 33.1 Å². The second-order valence-electron chi connectivity index (χ2n) is 6.66. The fraction of sp³-hybridized carbons (Fsp3) is 0.556. The number of carbonyl (C=O) groups excluding carboxylic acids is 2. The predicted octanol–water partition coefficient (Wildman–Crippen LogP) is 1.89. The number of hydrogen-bond donors (Lipinski definition) is 2. The van der Waals surface area contributed by atoms with Crippen LogP contribution in [0.2, 0.25) is 0 Å². The third-order valence-electron chi connectivity index (χ3n) is 4.54. The van der Waals surface area contributed by atoms with E-state index >= 15 is 0 Å². The Morgan fingerprint density at radius 3 is 2.58 bits per heavy atom. The van der Waals surface area contributed by atoms with Gasteiger partial charge in [-0.25, -0.2) is 0 Å². The molecule has 0 aromatic heterocycles. The quantitative estimate of drug-likeness (QED) is 0.790. The summed E-state index contributed by atoms with van der Waals surface area (Å²) in [7, 11) is -1.07. The monoisotopic (exact) mass is 348 g/mol. The van der Waals surface area contributed by atoms with Crippen molar-refractivity contribution in [3.8, 4) is 0 Å². The first-order valence-electron chi connectivity index (χ1n) is 8.65. The van der Waals surface area contributed by atoms with Gasteiger partial charge in [0.2, 0.25) is 5.91 Å². The Kier molecular flexibility index (Phi) is 5.66. The molecule has 0 aliphatic heterocycles. The average Bonchev–Trinajstić information content (AvgIpc) is 3.22. The molecular formula is C18H24N2O3S. The molecule has 2 N–H and O–H groups in total. The fourth-order valence-electron chi connectivity index (χ4n) is 2.97. The first-order chi connectivity index (χ1) is 11.6. The second kappa shape index (κ2) is 7.92. The highest BCUT2D eigenvalue weighted by Crippen LogP contribution is 2.23. The standard InChI is InChI=1S/C18H24N2O3S/c21-17(12-24(23)16-6-1-2-7-16)19-11-13-4-3-5-14(10-13)18(22)20-15-8-9-15/h3-5,10,15-16H,1-2,6-9,11-12H2,(H,19,21)(H,20,22)/t24-/m0/s1. The van der Waals surface area contributed by atoms with Crippen molar-refractivity contribution in [3.63, 3.8) is 0 Å². The average molecular weight is 348 g/mol. The molecule has 2 amide bonds. The lowest BCUT2D eigenvalue weighted by Crippen LogP contribution is -2.30. The molecule has 1 atom stereocenters. The van der Waals surface area contributed by atoms with Gasteiger partial charge in [0.1, 0.15) is 5.75 Å². The number of carbonyl (C=O) groups is 2. The van der Waals surface area contributed by atoms with E-state index in [4.69, 9.17) is 0 Å². The molecule has 1 aromatic rings. The Morgan fingerprint density at radius 2 is 1.88 bits per heavy atom. The van der Waals surface area contributed by atoms with Gasteiger partial charge in [-0.1, -0.05) is 25.0 Å². The molecule has 0 bridgehead atoms. The summed E-state index contributed by atoms with van der Waals surface area (Å²) in [6.45, 7) is 0.352. The van der Waals surface area contributed by atoms with Gasteiger partial charge in [-0.2, -0.15) is 0 Å². The van der Waals surface area contributed by atoms with Gasteiger partial charge in [0.25, 0.3) is 5.91 Å². The van der Waals surface area contributed by atoms with Gasteiger partial charge in [-0.15, -0.1) is 0 Å². The molecule has 0 spiro atoms. The van der Waals surface area contributed by atoms with Crippen molar-refractivity contribution in [1.29, 1.82) is 0 Å². The molecule has 130 valence electrons. The number of rotatable bonds is 7. The van der Waals surface area contributed by atoms with Crippen LogP contribution in [0.3, 0.4) is 0 Å². The zero-order chi connectivity index (χ0) is 16.9. The lowest BCUT2D eigenvalue weighted by Gasteiger charge is -2.10. The molecule has 2 saturated carbocycles. The predicted molar refractivity (Wildman–Crippen MR) is 94.0 cm³/mol. The first-order valence-corrected chi connectivity index (χ1v) is 10.0. The maximum absolute atomic E-state index is 12.1. The minimum Gasteiger partial charge on any atom is -0.351 e. The molecule has 2 aliphatic rings. The Labute approximate surface area is 145 Å². The molecular weight excluding hydrogens is 324 g/mol. The van der Waals surface area contributed by atoms with Crippen LogP contribution in [-0.2, 0) is 22.1 Å². The summed E-state index contributed by atoms with van der Waals surface area (Å²) in [4.78, 5) is 24.0. The number of hydrogen-bond acceptors (Lipinski definition) is 3. The summed E-state index contributed by atoms with van der Waals surface area (Å²) in [5.41, 5.74) is 1.49. The first kappa shape index (κ1) is 17.1. The van der Waals surface area contributed by atoms with Crippen molar-refractivity contribution in [2.24, 2.45) is 0 Å². The number of nitrogens with one attached hydrogen (secondary N) is 2. The van der Waals surface area contributed by atoms with Crippen molar-refractivity contribution in [2.75, 3.05) is 5.75 Å². The van der Waals surface area contributed by atoms with Gasteiger partial charge in [0.15, 0.2) is 0 Å². The van der Waals surface area contributed by atoms with Crippen molar-refractivity contribution < 1.29 is 13.8 Å². The van der Waals surface area contributed by atoms with Crippen molar-refractivity contribution >= 4 is 22.6 Å². The normalized spacial score (nSPS) is 19.0. The van der Waals surface area contributed by atoms with Crippen LogP contribution in [0.4, 0.5) is 0 Å². The molecule has 3 rings (SSSR count). The van der Waals surface area contributed by atoms with Crippen LogP contribution >= 0.6 is 0 Å². The number of amides is 2. The topological polar surface area (TPSA) is 75.3 Å². The van der Waals surface area contributed by atoms with Gasteiger partial charge < -0.3 is 10.6 Å². The summed E-state index contributed by atoms with van der Waals surface area (Å²) in [5.74, 6) is -0.173. The van der Waals surface area contributed by atoms with E-state index in [0.29, 0.717) is 18.2 Å². The summed E-state index contributed by atoms with van der Waals surface area (Å²) in [5, 5.41) is 5.95. The zero-order valence-electron chi connectivity index (χ0n) is 13.8. The fourth-order valence-corrected chi connectivity index (χ4v) is 4.42. The van der Waals surface area contributed by atoms with E-state index in [1.54, 1.807) is 12.1 Å². The molecule has 24 heavy (non-hydrogen) atoms. The van der Waals surface area contributed by atoms with Crippen LogP contribution < -0.4 is 10.6 Å². The summed E-state index contributed by atoms with van der Waals surface area (Å²) in [6.07, 6.45) is 6.29. The molecule has 5 nitrogen and oxygen atoms in total. The van der Waals surface area contributed by atoms with Crippen LogP contribution in [0.15, 0.2) is 24.3 Å². The minimum absolute atomic E-state index is 0.0620. The molecule has 6 heteroatoms. The van der Waals surface area contributed by atoms with Gasteiger partial charge in [0, 0.05) is 34.2 Å². The highest BCUT2D eigenvalue weighted by Gasteiger charge is 2.24. The Morgan fingerprint density at radius 1 is 1.12 bits per heavy atom. The van der Waals surface area contributed by atoms with Crippen molar-refractivity contribution in [3.05, 3.63) is 35.4 Å². The van der Waals surface area contributed by atoms with Gasteiger partial charge in [0.05, 0.1) is 0 Å². The Hall–Kier alpha value is -1.69. The molecule has 2 fully saturated rings. The molecule has 1 aromatic carbocycles. The summed E-state index contributed by atoms with van der Waals surface area (Å²) >= 11 is 0. The third-order valence-corrected chi connectivity index (χ3v) is 6.30. The Bertz CT molecular complexity index is 637. The van der Waals surface area contributed by atoms with E-state index in [1.807, 2.05) is 12.1 Å². The summed E-state index contributed by atoms with van der Waals surface area (Å²) in [6, 6.07) is 7.60. The van der Waals surface area contributed by atoms with E-state index in [9.17, 15) is 13.8 Å². The highest BCUT2D eigenvalue weighted by molar-refractivity contribution is 7.86. The van der Waals surface area contributed by atoms with Crippen LogP contribution in [0, 0.1) is 0 Å². The van der Waals surface area contributed by atoms with E-state index in [-0.39, 0.29) is 22.8 Å². The van der Waals surface area contributed by atoms with Crippen LogP contribution in [0.25, 0.3) is 0 Å². The molecule has 0 unspecified atom stereocenters. The maximum atomic E-state index is 12.1. The SMILES string of the molecule is O=C(C[S@](=O)C1CCCC1)NCc1cccc(C(=O)NC2CC2)c1. The Balaban J connectivity index is 1.47. The van der Waals surface area contributed by atoms with E-state index < -0.39 is 10.8 Å². The largest absolute Gasteiger partial charge is 0.351 e. The highest BCUT2D eigenvalue weighted by atomic mass is 32.2. The molecule has 0 heterocycles. The minimum atomic E-state index is -1.07. The molecule has 0 saturated heterocycles. The molecule has 0 radical (unpaired) electrons. The smallest absolute Gasteiger partial charge is 0.251 e. The maximum Gasteiger partial charge on any atom is 0.251 e. The van der Waals surface area contributed by atoms with Gasteiger partial charge in [-0.05, 0) is 43.4 Å². The van der Waals surface area contributed by atoms with E-state index in [2.05, 4.69) is 10.6 Å². The van der Waals surface area contributed by atoms with E-state index in [1.165, 1.54) is 0 Å². The zero-order valence-corrected chi connectivity index (χ0v) is 14.6. The second-order valence-corrected chi connectivity index (χ2v) is 8.37. The van der Waals surface area contributed by atoms with Crippen LogP contribution in [0.1, 0.15) is 54.4 Å². The van der Waals surface area contributed by atoms with Crippen LogP contribution in [0.5, 0.6) is 0 Å². The van der Waals surface area contributed by atoms with Gasteiger partial charge in [-0.3, -0.25) is 13.8 Å². The van der Waals surface area contributed by atoms with E-state index in [0.717, 1.165) is 44.1 Å².